The molecule has 1 aromatic heterocycles. The number of anilines is 1. The van der Waals surface area contributed by atoms with Crippen LogP contribution in [0.15, 0.2) is 60.9 Å². The number of benzene rings is 2. The molecule has 1 aliphatic heterocycles. The SMILES string of the molecule is Cc1ccc(C(O)(Cc2cccnc2)c2ccc3c(c2)CCC(=O)N3)c(C)c1. The summed E-state index contributed by atoms with van der Waals surface area (Å²) >= 11 is 0. The lowest BCUT2D eigenvalue weighted by Gasteiger charge is -2.32. The number of pyridine rings is 1. The highest BCUT2D eigenvalue weighted by Crippen LogP contribution is 2.37. The predicted molar refractivity (Wildman–Crippen MR) is 110 cm³/mol. The maximum Gasteiger partial charge on any atom is 0.224 e. The van der Waals surface area contributed by atoms with Gasteiger partial charge >= 0.3 is 0 Å². The van der Waals surface area contributed by atoms with Gasteiger partial charge in [0.2, 0.25) is 5.91 Å². The minimum Gasteiger partial charge on any atom is -0.380 e. The zero-order valence-electron chi connectivity index (χ0n) is 16.2. The van der Waals surface area contributed by atoms with Crippen molar-refractivity contribution in [1.29, 1.82) is 0 Å². The molecule has 1 aliphatic rings. The zero-order valence-corrected chi connectivity index (χ0v) is 16.2. The summed E-state index contributed by atoms with van der Waals surface area (Å²) in [6.07, 6.45) is 5.12. The Morgan fingerprint density at radius 2 is 1.96 bits per heavy atom. The van der Waals surface area contributed by atoms with Gasteiger partial charge in [0.05, 0.1) is 0 Å². The molecule has 28 heavy (non-hydrogen) atoms. The molecule has 1 amide bonds. The number of aliphatic hydroxyl groups is 1. The first-order chi connectivity index (χ1) is 13.5. The molecule has 0 saturated heterocycles. The van der Waals surface area contributed by atoms with Crippen molar-refractivity contribution in [3.63, 3.8) is 0 Å². The van der Waals surface area contributed by atoms with Gasteiger partial charge in [-0.25, -0.2) is 0 Å². The van der Waals surface area contributed by atoms with Gasteiger partial charge in [0.1, 0.15) is 5.60 Å². The Morgan fingerprint density at radius 3 is 2.71 bits per heavy atom. The molecule has 0 saturated carbocycles. The van der Waals surface area contributed by atoms with Crippen LogP contribution >= 0.6 is 0 Å². The predicted octanol–water partition coefficient (Wildman–Crippen LogP) is 4.06. The van der Waals surface area contributed by atoms with Crippen LogP contribution < -0.4 is 5.32 Å². The van der Waals surface area contributed by atoms with Gasteiger partial charge in [-0.1, -0.05) is 42.0 Å². The molecule has 142 valence electrons. The van der Waals surface area contributed by atoms with Crippen molar-refractivity contribution in [2.75, 3.05) is 5.32 Å². The first-order valence-electron chi connectivity index (χ1n) is 9.58. The van der Waals surface area contributed by atoms with Gasteiger partial charge < -0.3 is 10.4 Å². The number of nitrogens with zero attached hydrogens (tertiary/aromatic N) is 1. The van der Waals surface area contributed by atoms with Gasteiger partial charge in [-0.2, -0.15) is 0 Å². The molecular weight excluding hydrogens is 348 g/mol. The lowest BCUT2D eigenvalue weighted by Crippen LogP contribution is -2.32. The fourth-order valence-corrected chi connectivity index (χ4v) is 4.07. The Morgan fingerprint density at radius 1 is 1.11 bits per heavy atom. The average Bonchev–Trinajstić information content (AvgIpc) is 2.68. The molecule has 4 heteroatoms. The lowest BCUT2D eigenvalue weighted by molar-refractivity contribution is -0.116. The Kier molecular flexibility index (Phi) is 4.73. The van der Waals surface area contributed by atoms with Crippen LogP contribution in [0.25, 0.3) is 0 Å². The van der Waals surface area contributed by atoms with Crippen LogP contribution in [0.1, 0.15) is 39.8 Å². The van der Waals surface area contributed by atoms with Crippen molar-refractivity contribution < 1.29 is 9.90 Å². The highest BCUT2D eigenvalue weighted by molar-refractivity contribution is 5.93. The molecular formula is C24H24N2O2. The Hall–Kier alpha value is -2.98. The van der Waals surface area contributed by atoms with E-state index in [1.165, 1.54) is 0 Å². The summed E-state index contributed by atoms with van der Waals surface area (Å²) in [4.78, 5) is 15.9. The molecule has 4 rings (SSSR count). The van der Waals surface area contributed by atoms with Crippen molar-refractivity contribution in [2.45, 2.75) is 38.7 Å². The van der Waals surface area contributed by atoms with E-state index in [1.54, 1.807) is 12.4 Å². The molecule has 2 aromatic carbocycles. The summed E-state index contributed by atoms with van der Waals surface area (Å²) in [5, 5.41) is 14.9. The molecule has 0 bridgehead atoms. The summed E-state index contributed by atoms with van der Waals surface area (Å²) in [6.45, 7) is 4.09. The van der Waals surface area contributed by atoms with E-state index in [0.29, 0.717) is 19.3 Å². The second kappa shape index (κ2) is 7.21. The third-order valence-corrected chi connectivity index (χ3v) is 5.49. The third-order valence-electron chi connectivity index (χ3n) is 5.49. The van der Waals surface area contributed by atoms with E-state index in [0.717, 1.165) is 39.1 Å². The first-order valence-corrected chi connectivity index (χ1v) is 9.58. The van der Waals surface area contributed by atoms with Gasteiger partial charge in [-0.05, 0) is 60.2 Å². The van der Waals surface area contributed by atoms with E-state index in [-0.39, 0.29) is 5.91 Å². The van der Waals surface area contributed by atoms with E-state index in [2.05, 4.69) is 23.3 Å². The minimum absolute atomic E-state index is 0.0419. The number of hydrogen-bond donors (Lipinski definition) is 2. The van der Waals surface area contributed by atoms with Crippen LogP contribution in [0.5, 0.6) is 0 Å². The van der Waals surface area contributed by atoms with Crippen LogP contribution in [-0.2, 0) is 23.2 Å². The quantitative estimate of drug-likeness (QED) is 0.726. The van der Waals surface area contributed by atoms with Crippen LogP contribution in [0.2, 0.25) is 0 Å². The number of nitrogens with one attached hydrogen (secondary N) is 1. The van der Waals surface area contributed by atoms with E-state index in [1.807, 2.05) is 49.4 Å². The number of amides is 1. The highest BCUT2D eigenvalue weighted by Gasteiger charge is 2.34. The number of aromatic nitrogens is 1. The summed E-state index contributed by atoms with van der Waals surface area (Å²) in [5.41, 5.74) is 5.62. The van der Waals surface area contributed by atoms with Gasteiger partial charge in [0.25, 0.3) is 0 Å². The van der Waals surface area contributed by atoms with Crippen LogP contribution in [0.4, 0.5) is 5.69 Å². The lowest BCUT2D eigenvalue weighted by atomic mass is 9.78. The Balaban J connectivity index is 1.84. The molecule has 2 N–H and O–H groups in total. The van der Waals surface area contributed by atoms with E-state index >= 15 is 0 Å². The smallest absolute Gasteiger partial charge is 0.224 e. The number of rotatable bonds is 4. The Labute approximate surface area is 165 Å². The maximum absolute atomic E-state index is 12.0. The molecule has 0 fully saturated rings. The molecule has 0 spiro atoms. The molecule has 1 atom stereocenters. The molecule has 3 aromatic rings. The third kappa shape index (κ3) is 3.43. The average molecular weight is 372 g/mol. The number of hydrogen-bond acceptors (Lipinski definition) is 3. The van der Waals surface area contributed by atoms with E-state index < -0.39 is 5.60 Å². The molecule has 1 unspecified atom stereocenters. The van der Waals surface area contributed by atoms with Crippen LogP contribution in [0, 0.1) is 13.8 Å². The number of aryl methyl sites for hydroxylation is 3. The van der Waals surface area contributed by atoms with Gasteiger partial charge in [-0.3, -0.25) is 9.78 Å². The fourth-order valence-electron chi connectivity index (χ4n) is 4.07. The molecule has 4 nitrogen and oxygen atoms in total. The van der Waals surface area contributed by atoms with E-state index in [4.69, 9.17) is 0 Å². The number of fused-ring (bicyclic) bond motifs is 1. The summed E-state index contributed by atoms with van der Waals surface area (Å²) in [7, 11) is 0. The topological polar surface area (TPSA) is 62.2 Å². The molecule has 2 heterocycles. The second-order valence-corrected chi connectivity index (χ2v) is 7.64. The Bertz CT molecular complexity index is 1030. The van der Waals surface area contributed by atoms with Crippen molar-refractivity contribution >= 4 is 11.6 Å². The largest absolute Gasteiger partial charge is 0.380 e. The van der Waals surface area contributed by atoms with Crippen molar-refractivity contribution in [3.8, 4) is 0 Å². The van der Waals surface area contributed by atoms with Gasteiger partial charge in [0, 0.05) is 30.9 Å². The summed E-state index contributed by atoms with van der Waals surface area (Å²) in [6, 6.07) is 15.9. The second-order valence-electron chi connectivity index (χ2n) is 7.64. The number of carbonyl (C=O) groups excluding carboxylic acids is 1. The van der Waals surface area contributed by atoms with Crippen LogP contribution in [0.3, 0.4) is 0 Å². The van der Waals surface area contributed by atoms with Crippen molar-refractivity contribution in [3.05, 3.63) is 94.3 Å². The molecule has 0 radical (unpaired) electrons. The highest BCUT2D eigenvalue weighted by atomic mass is 16.3. The van der Waals surface area contributed by atoms with Crippen molar-refractivity contribution in [2.24, 2.45) is 0 Å². The first kappa shape index (κ1) is 18.4. The standard InChI is InChI=1S/C24H24N2O2/c1-16-5-8-21(17(2)12-16)24(28,14-18-4-3-11-25-15-18)20-7-9-22-19(13-20)6-10-23(27)26-22/h3-5,7-9,11-13,15,28H,6,10,14H2,1-2H3,(H,26,27). The van der Waals surface area contributed by atoms with Crippen LogP contribution in [-0.4, -0.2) is 16.0 Å². The number of carbonyl (C=O) groups is 1. The normalized spacial score (nSPS) is 15.5. The van der Waals surface area contributed by atoms with Gasteiger partial charge in [0.15, 0.2) is 0 Å². The van der Waals surface area contributed by atoms with Gasteiger partial charge in [-0.15, -0.1) is 0 Å². The molecule has 0 aliphatic carbocycles. The monoisotopic (exact) mass is 372 g/mol. The summed E-state index contributed by atoms with van der Waals surface area (Å²) in [5.74, 6) is 0.0419. The van der Waals surface area contributed by atoms with E-state index in [9.17, 15) is 9.90 Å². The fraction of sp³-hybridized carbons (Fsp3) is 0.250. The van der Waals surface area contributed by atoms with Crippen molar-refractivity contribution in [1.82, 2.24) is 4.98 Å². The zero-order chi connectivity index (χ0) is 19.7. The maximum atomic E-state index is 12.0. The minimum atomic E-state index is -1.18. The summed E-state index contributed by atoms with van der Waals surface area (Å²) < 4.78 is 0.